The van der Waals surface area contributed by atoms with Crippen molar-refractivity contribution < 1.29 is 22.0 Å². The molecule has 0 aliphatic heterocycles. The molecule has 0 atom stereocenters. The number of pyridine rings is 1. The third kappa shape index (κ3) is 4.60. The maximum Gasteiger partial charge on any atom is 0.333 e. The maximum absolute atomic E-state index is 14.8. The number of rotatable bonds is 5. The van der Waals surface area contributed by atoms with E-state index in [-0.39, 0.29) is 19.6 Å². The number of carbonyl (C=O) groups is 1. The van der Waals surface area contributed by atoms with Gasteiger partial charge < -0.3 is 10.6 Å². The van der Waals surface area contributed by atoms with E-state index in [4.69, 9.17) is 11.6 Å². The van der Waals surface area contributed by atoms with Crippen molar-refractivity contribution in [1.82, 2.24) is 9.29 Å². The molecule has 34 heavy (non-hydrogen) atoms. The summed E-state index contributed by atoms with van der Waals surface area (Å²) in [5.41, 5.74) is -0.878. The van der Waals surface area contributed by atoms with Crippen LogP contribution >= 0.6 is 22.9 Å². The molecule has 0 aliphatic carbocycles. The molecule has 0 fully saturated rings. The quantitative estimate of drug-likeness (QED) is 0.355. The molecule has 2 amide bonds. The Morgan fingerprint density at radius 1 is 1.03 bits per heavy atom. The van der Waals surface area contributed by atoms with Crippen LogP contribution < -0.4 is 20.9 Å². The Labute approximate surface area is 200 Å². The molecule has 0 saturated carbocycles. The molecule has 2 heterocycles. The highest BCUT2D eigenvalue weighted by Gasteiger charge is 2.21. The molecule has 0 unspecified atom stereocenters. The third-order valence-electron chi connectivity index (χ3n) is 4.75. The number of urea groups is 1. The number of fused-ring (bicyclic) bond motifs is 1. The molecule has 0 spiro atoms. The predicted octanol–water partition coefficient (Wildman–Crippen LogP) is 4.54. The number of nitrogens with one attached hydrogen (secondary N) is 3. The second kappa shape index (κ2) is 9.05. The molecule has 8 nitrogen and oxygen atoms in total. The van der Waals surface area contributed by atoms with Crippen LogP contribution in [0.5, 0.6) is 0 Å². The first-order valence-corrected chi connectivity index (χ1v) is 12.2. The summed E-state index contributed by atoms with van der Waals surface area (Å²) >= 11 is 6.44. The molecule has 4 rings (SSSR count). The number of halogens is 3. The average molecular weight is 525 g/mol. The van der Waals surface area contributed by atoms with Gasteiger partial charge >= 0.3 is 6.03 Å². The molecule has 176 valence electrons. The minimum Gasteiger partial charge on any atom is -0.388 e. The zero-order valence-electron chi connectivity index (χ0n) is 17.2. The normalized spacial score (nSPS) is 11.4. The van der Waals surface area contributed by atoms with Crippen LogP contribution in [-0.4, -0.2) is 26.1 Å². The SMILES string of the molecule is CNc1ccc2c(=O)n(-c3c(F)cc(NC(=O)NS(=O)(=O)c4ccc(Cl)s4)cc3F)ccc2c1. The third-order valence-corrected chi connectivity index (χ3v) is 7.80. The lowest BCUT2D eigenvalue weighted by Crippen LogP contribution is -2.34. The van der Waals surface area contributed by atoms with E-state index in [2.05, 4.69) is 10.6 Å². The first-order valence-electron chi connectivity index (χ1n) is 9.51. The van der Waals surface area contributed by atoms with Crippen molar-refractivity contribution in [1.29, 1.82) is 0 Å². The van der Waals surface area contributed by atoms with Gasteiger partial charge in [0.05, 0.1) is 4.34 Å². The number of thiophene rings is 1. The van der Waals surface area contributed by atoms with Gasteiger partial charge in [0, 0.05) is 30.0 Å². The average Bonchev–Trinajstić information content (AvgIpc) is 3.21. The summed E-state index contributed by atoms with van der Waals surface area (Å²) in [4.78, 5) is 24.9. The summed E-state index contributed by atoms with van der Waals surface area (Å²) in [5.74, 6) is -2.28. The van der Waals surface area contributed by atoms with Crippen LogP contribution in [0.3, 0.4) is 0 Å². The summed E-state index contributed by atoms with van der Waals surface area (Å²) in [7, 11) is -2.51. The monoisotopic (exact) mass is 524 g/mol. The molecule has 0 aliphatic rings. The number of hydrogen-bond acceptors (Lipinski definition) is 6. The van der Waals surface area contributed by atoms with E-state index in [9.17, 15) is 26.8 Å². The van der Waals surface area contributed by atoms with Gasteiger partial charge in [-0.2, -0.15) is 0 Å². The molecule has 2 aromatic heterocycles. The van der Waals surface area contributed by atoms with Gasteiger partial charge in [0.1, 0.15) is 9.90 Å². The van der Waals surface area contributed by atoms with Crippen molar-refractivity contribution in [2.45, 2.75) is 4.21 Å². The van der Waals surface area contributed by atoms with Gasteiger partial charge in [0.15, 0.2) is 11.6 Å². The first kappa shape index (κ1) is 23.7. The van der Waals surface area contributed by atoms with Gasteiger partial charge in [-0.1, -0.05) is 11.6 Å². The van der Waals surface area contributed by atoms with E-state index in [1.807, 2.05) is 0 Å². The molecule has 3 N–H and O–H groups in total. The molecule has 2 aromatic carbocycles. The predicted molar refractivity (Wildman–Crippen MR) is 128 cm³/mol. The minimum absolute atomic E-state index is 0.201. The second-order valence-electron chi connectivity index (χ2n) is 6.95. The van der Waals surface area contributed by atoms with Crippen molar-refractivity contribution in [2.24, 2.45) is 0 Å². The summed E-state index contributed by atoms with van der Waals surface area (Å²) in [5, 5.41) is 5.83. The van der Waals surface area contributed by atoms with Gasteiger partial charge in [0.25, 0.3) is 15.6 Å². The highest BCUT2D eigenvalue weighted by atomic mass is 35.5. The zero-order valence-corrected chi connectivity index (χ0v) is 19.6. The van der Waals surface area contributed by atoms with Crippen LogP contribution in [0.1, 0.15) is 0 Å². The summed E-state index contributed by atoms with van der Waals surface area (Å²) in [6, 6.07) is 9.31. The van der Waals surface area contributed by atoms with Gasteiger partial charge in [-0.05, 0) is 53.9 Å². The maximum atomic E-state index is 14.8. The van der Waals surface area contributed by atoms with E-state index in [0.29, 0.717) is 5.39 Å². The Kier molecular flexibility index (Phi) is 6.30. The van der Waals surface area contributed by atoms with Crippen molar-refractivity contribution in [3.8, 4) is 5.69 Å². The fourth-order valence-corrected chi connectivity index (χ4v) is 5.61. The number of nitrogens with zero attached hydrogens (tertiary/aromatic N) is 1. The second-order valence-corrected chi connectivity index (χ2v) is 10.6. The molecule has 0 bridgehead atoms. The summed E-state index contributed by atoms with van der Waals surface area (Å²) < 4.78 is 56.6. The molecular weight excluding hydrogens is 510 g/mol. The van der Waals surface area contributed by atoms with E-state index in [1.54, 1.807) is 23.9 Å². The number of sulfonamides is 1. The van der Waals surface area contributed by atoms with E-state index < -0.39 is 38.9 Å². The standard InChI is InChI=1S/C21H15ClF2N4O4S2/c1-25-12-2-3-14-11(8-12)6-7-28(20(14)29)19-15(23)9-13(10-16(19)24)26-21(30)27-34(31,32)18-5-4-17(22)33-18/h2-10,25H,1H3,(H2,26,27,30). The number of aromatic nitrogens is 1. The minimum atomic E-state index is -4.23. The lowest BCUT2D eigenvalue weighted by atomic mass is 10.1. The Hall–Kier alpha value is -3.48. The van der Waals surface area contributed by atoms with Crippen molar-refractivity contribution in [3.05, 3.63) is 81.1 Å². The first-order chi connectivity index (χ1) is 16.1. The number of carbonyl (C=O) groups excluding carboxylic acids is 1. The van der Waals surface area contributed by atoms with Crippen LogP contribution in [0.4, 0.5) is 25.0 Å². The molecular formula is C21H15ClF2N4O4S2. The Bertz CT molecular complexity index is 1580. The van der Waals surface area contributed by atoms with Gasteiger partial charge in [-0.3, -0.25) is 9.36 Å². The fraction of sp³-hybridized carbons (Fsp3) is 0.0476. The topological polar surface area (TPSA) is 109 Å². The number of anilines is 2. The van der Waals surface area contributed by atoms with Crippen LogP contribution in [0, 0.1) is 11.6 Å². The number of hydrogen-bond donors (Lipinski definition) is 3. The lowest BCUT2D eigenvalue weighted by Gasteiger charge is -2.13. The lowest BCUT2D eigenvalue weighted by molar-refractivity contribution is 0.256. The summed E-state index contributed by atoms with van der Waals surface area (Å²) in [6.07, 6.45) is 1.24. The highest BCUT2D eigenvalue weighted by Crippen LogP contribution is 2.26. The van der Waals surface area contributed by atoms with Crippen molar-refractivity contribution >= 4 is 61.1 Å². The van der Waals surface area contributed by atoms with E-state index >= 15 is 0 Å². The largest absolute Gasteiger partial charge is 0.388 e. The van der Waals surface area contributed by atoms with Crippen LogP contribution in [-0.2, 0) is 10.0 Å². The molecule has 4 aromatic rings. The Morgan fingerprint density at radius 3 is 2.35 bits per heavy atom. The zero-order chi connectivity index (χ0) is 24.6. The van der Waals surface area contributed by atoms with E-state index in [1.165, 1.54) is 30.5 Å². The molecule has 0 radical (unpaired) electrons. The van der Waals surface area contributed by atoms with Crippen LogP contribution in [0.2, 0.25) is 4.34 Å². The Balaban J connectivity index is 1.62. The van der Waals surface area contributed by atoms with Crippen molar-refractivity contribution in [3.63, 3.8) is 0 Å². The van der Waals surface area contributed by atoms with Crippen molar-refractivity contribution in [2.75, 3.05) is 17.7 Å². The highest BCUT2D eigenvalue weighted by molar-refractivity contribution is 7.92. The van der Waals surface area contributed by atoms with E-state index in [0.717, 1.165) is 33.7 Å². The molecule has 13 heteroatoms. The number of amides is 2. The Morgan fingerprint density at radius 2 is 1.74 bits per heavy atom. The van der Waals surface area contributed by atoms with Crippen LogP contribution in [0.25, 0.3) is 16.5 Å². The summed E-state index contributed by atoms with van der Waals surface area (Å²) in [6.45, 7) is 0. The number of benzene rings is 2. The van der Waals surface area contributed by atoms with Crippen LogP contribution in [0.15, 0.2) is 63.7 Å². The fourth-order valence-electron chi connectivity index (χ4n) is 3.22. The van der Waals surface area contributed by atoms with Gasteiger partial charge in [0.2, 0.25) is 0 Å². The van der Waals surface area contributed by atoms with Gasteiger partial charge in [-0.25, -0.2) is 26.7 Å². The smallest absolute Gasteiger partial charge is 0.333 e. The van der Waals surface area contributed by atoms with Gasteiger partial charge in [-0.15, -0.1) is 11.3 Å². The molecule has 0 saturated heterocycles.